The lowest BCUT2D eigenvalue weighted by molar-refractivity contribution is 0.666. The van der Waals surface area contributed by atoms with E-state index in [1.165, 1.54) is 0 Å². The van der Waals surface area contributed by atoms with Crippen LogP contribution in [-0.2, 0) is 0 Å². The molecular weight excluding hydrogens is 560 g/mol. The highest BCUT2D eigenvalue weighted by Crippen LogP contribution is 2.45. The number of fused-ring (bicyclic) bond motifs is 3. The molecule has 92 valence electrons. The van der Waals surface area contributed by atoms with Gasteiger partial charge in [0.15, 0.2) is 5.58 Å². The van der Waals surface area contributed by atoms with Gasteiger partial charge in [0.1, 0.15) is 5.58 Å². The van der Waals surface area contributed by atoms with Gasteiger partial charge in [0, 0.05) is 28.7 Å². The molecule has 1 aromatic heterocycles. The molecule has 0 atom stereocenters. The lowest BCUT2D eigenvalue weighted by atomic mass is 10.1. The van der Waals surface area contributed by atoms with E-state index in [0.717, 1.165) is 44.3 Å². The molecule has 0 amide bonds. The highest BCUT2D eigenvalue weighted by molar-refractivity contribution is 9.14. The highest BCUT2D eigenvalue weighted by atomic mass is 79.9. The van der Waals surface area contributed by atoms with Crippen LogP contribution in [0.4, 0.5) is 0 Å². The molecule has 0 aliphatic heterocycles. The third-order valence-electron chi connectivity index (χ3n) is 2.65. The van der Waals surface area contributed by atoms with Crippen LogP contribution in [-0.4, -0.2) is 0 Å². The summed E-state index contributed by atoms with van der Waals surface area (Å²) in [6.07, 6.45) is 0. The second kappa shape index (κ2) is 4.88. The third-order valence-corrected chi connectivity index (χ3v) is 7.24. The van der Waals surface area contributed by atoms with Crippen molar-refractivity contribution in [1.29, 1.82) is 0 Å². The summed E-state index contributed by atoms with van der Waals surface area (Å²) in [5, 5.41) is 2.10. The minimum Gasteiger partial charge on any atom is -0.455 e. The van der Waals surface area contributed by atoms with E-state index in [1.807, 2.05) is 18.2 Å². The summed E-state index contributed by atoms with van der Waals surface area (Å²) in [5.74, 6) is 0. The predicted octanol–water partition coefficient (Wildman–Crippen LogP) is 7.40. The van der Waals surface area contributed by atoms with Gasteiger partial charge >= 0.3 is 0 Å². The Kier molecular flexibility index (Phi) is 3.69. The van der Waals surface area contributed by atoms with E-state index < -0.39 is 0 Å². The van der Waals surface area contributed by atoms with E-state index >= 15 is 0 Å². The first-order valence-corrected chi connectivity index (χ1v) is 8.81. The van der Waals surface area contributed by atoms with Gasteiger partial charge in [-0.1, -0.05) is 15.9 Å². The second-order valence-corrected chi connectivity index (χ2v) is 7.84. The quantitative estimate of drug-likeness (QED) is 0.260. The zero-order valence-corrected chi connectivity index (χ0v) is 16.5. The van der Waals surface area contributed by atoms with Crippen LogP contribution in [0.1, 0.15) is 0 Å². The van der Waals surface area contributed by atoms with Crippen LogP contribution in [0.25, 0.3) is 21.9 Å². The van der Waals surface area contributed by atoms with Crippen LogP contribution in [0.3, 0.4) is 0 Å². The Balaban J connectivity index is 2.66. The fourth-order valence-corrected chi connectivity index (χ4v) is 4.38. The SMILES string of the molecule is Brc1cc2oc3c(Br)ccc(Br)c3c2c(Br)c1Br. The van der Waals surface area contributed by atoms with Gasteiger partial charge in [-0.25, -0.2) is 0 Å². The zero-order valence-electron chi connectivity index (χ0n) is 8.53. The highest BCUT2D eigenvalue weighted by Gasteiger charge is 2.18. The molecule has 18 heavy (non-hydrogen) atoms. The van der Waals surface area contributed by atoms with E-state index in [1.54, 1.807) is 0 Å². The van der Waals surface area contributed by atoms with Gasteiger partial charge in [-0.15, -0.1) is 0 Å². The van der Waals surface area contributed by atoms with Gasteiger partial charge < -0.3 is 4.42 Å². The molecule has 6 heteroatoms. The molecule has 1 nitrogen and oxygen atoms in total. The van der Waals surface area contributed by atoms with Crippen molar-refractivity contribution in [2.24, 2.45) is 0 Å². The molecule has 0 N–H and O–H groups in total. The Morgan fingerprint density at radius 2 is 1.39 bits per heavy atom. The first kappa shape index (κ1) is 13.6. The number of benzene rings is 2. The summed E-state index contributed by atoms with van der Waals surface area (Å²) in [6.45, 7) is 0. The normalized spacial score (nSPS) is 11.6. The van der Waals surface area contributed by atoms with Crippen molar-refractivity contribution in [3.8, 4) is 0 Å². The Hall–Kier alpha value is 0.640. The standard InChI is InChI=1S/C12H3Br5O/c13-4-1-2-5(14)12-8(4)9-7(18-12)3-6(15)10(16)11(9)17/h1-3H. The molecule has 0 saturated heterocycles. The first-order chi connectivity index (χ1) is 8.50. The second-order valence-electron chi connectivity index (χ2n) is 3.69. The largest absolute Gasteiger partial charge is 0.455 e. The minimum atomic E-state index is 0.833. The van der Waals surface area contributed by atoms with Crippen molar-refractivity contribution >= 4 is 102 Å². The Morgan fingerprint density at radius 1 is 0.722 bits per heavy atom. The van der Waals surface area contributed by atoms with Crippen molar-refractivity contribution in [3.63, 3.8) is 0 Å². The summed E-state index contributed by atoms with van der Waals surface area (Å²) in [5.41, 5.74) is 1.67. The van der Waals surface area contributed by atoms with Crippen LogP contribution in [0, 0.1) is 0 Å². The summed E-state index contributed by atoms with van der Waals surface area (Å²) in [6, 6.07) is 5.93. The first-order valence-electron chi connectivity index (χ1n) is 4.84. The average molecular weight is 563 g/mol. The van der Waals surface area contributed by atoms with E-state index in [4.69, 9.17) is 4.42 Å². The van der Waals surface area contributed by atoms with Crippen molar-refractivity contribution in [2.75, 3.05) is 0 Å². The summed E-state index contributed by atoms with van der Waals surface area (Å²) in [4.78, 5) is 0. The van der Waals surface area contributed by atoms with Gasteiger partial charge in [-0.05, 0) is 81.9 Å². The van der Waals surface area contributed by atoms with E-state index in [2.05, 4.69) is 79.6 Å². The van der Waals surface area contributed by atoms with Gasteiger partial charge in [-0.3, -0.25) is 0 Å². The Bertz CT molecular complexity index is 790. The zero-order chi connectivity index (χ0) is 13.0. The summed E-state index contributed by atoms with van der Waals surface area (Å²) >= 11 is 17.8. The molecule has 0 spiro atoms. The smallest absolute Gasteiger partial charge is 0.150 e. The van der Waals surface area contributed by atoms with Crippen molar-refractivity contribution < 1.29 is 4.42 Å². The number of hydrogen-bond acceptors (Lipinski definition) is 1. The fraction of sp³-hybridized carbons (Fsp3) is 0. The predicted molar refractivity (Wildman–Crippen MR) is 92.2 cm³/mol. The molecule has 0 bridgehead atoms. The lowest BCUT2D eigenvalue weighted by Gasteiger charge is -2.01. The van der Waals surface area contributed by atoms with E-state index in [-0.39, 0.29) is 0 Å². The van der Waals surface area contributed by atoms with E-state index in [0.29, 0.717) is 0 Å². The lowest BCUT2D eigenvalue weighted by Crippen LogP contribution is -1.76. The van der Waals surface area contributed by atoms with Gasteiger partial charge in [0.05, 0.1) is 4.47 Å². The van der Waals surface area contributed by atoms with E-state index in [9.17, 15) is 0 Å². The van der Waals surface area contributed by atoms with Crippen LogP contribution in [0.15, 0.2) is 45.0 Å². The summed E-state index contributed by atoms with van der Waals surface area (Å²) in [7, 11) is 0. The van der Waals surface area contributed by atoms with Gasteiger partial charge in [-0.2, -0.15) is 0 Å². The number of furan rings is 1. The maximum absolute atomic E-state index is 5.92. The number of rotatable bonds is 0. The Morgan fingerprint density at radius 3 is 2.11 bits per heavy atom. The molecule has 1 heterocycles. The van der Waals surface area contributed by atoms with Crippen LogP contribution >= 0.6 is 79.6 Å². The van der Waals surface area contributed by atoms with Crippen molar-refractivity contribution in [3.05, 3.63) is 40.6 Å². The van der Waals surface area contributed by atoms with Crippen LogP contribution in [0.2, 0.25) is 0 Å². The molecule has 0 aliphatic carbocycles. The number of halogens is 5. The minimum absolute atomic E-state index is 0.833. The van der Waals surface area contributed by atoms with Crippen molar-refractivity contribution in [2.45, 2.75) is 0 Å². The van der Waals surface area contributed by atoms with Gasteiger partial charge in [0.2, 0.25) is 0 Å². The molecule has 3 aromatic rings. The molecule has 0 aliphatic rings. The topological polar surface area (TPSA) is 13.1 Å². The average Bonchev–Trinajstić information content (AvgIpc) is 2.71. The fourth-order valence-electron chi connectivity index (χ4n) is 1.86. The maximum Gasteiger partial charge on any atom is 0.150 e. The third kappa shape index (κ3) is 1.95. The molecular formula is C12H3Br5O. The Labute approximate surface area is 145 Å². The molecule has 0 unspecified atom stereocenters. The van der Waals surface area contributed by atoms with Gasteiger partial charge in [0.25, 0.3) is 0 Å². The molecule has 0 radical (unpaired) electrons. The molecule has 0 fully saturated rings. The van der Waals surface area contributed by atoms with Crippen LogP contribution < -0.4 is 0 Å². The van der Waals surface area contributed by atoms with Crippen molar-refractivity contribution in [1.82, 2.24) is 0 Å². The maximum atomic E-state index is 5.92. The van der Waals surface area contributed by atoms with Crippen LogP contribution in [0.5, 0.6) is 0 Å². The number of hydrogen-bond donors (Lipinski definition) is 0. The summed E-state index contributed by atoms with van der Waals surface area (Å²) < 4.78 is 10.8. The monoisotopic (exact) mass is 558 g/mol. The molecule has 3 rings (SSSR count). The molecule has 0 saturated carbocycles. The molecule has 2 aromatic carbocycles.